The van der Waals surface area contributed by atoms with Gasteiger partial charge in [0, 0.05) is 19.1 Å². The number of hydrogen-bond acceptors (Lipinski definition) is 4. The highest BCUT2D eigenvalue weighted by molar-refractivity contribution is 7.22. The van der Waals surface area contributed by atoms with E-state index in [2.05, 4.69) is 10.3 Å². The lowest BCUT2D eigenvalue weighted by molar-refractivity contribution is 0.0791. The molecule has 1 atom stereocenters. The number of rotatable bonds is 3. The number of aromatic nitrogens is 1. The number of benzene rings is 2. The van der Waals surface area contributed by atoms with Gasteiger partial charge >= 0.3 is 0 Å². The molecule has 1 N–H and O–H groups in total. The van der Waals surface area contributed by atoms with Gasteiger partial charge in [-0.25, -0.2) is 9.37 Å². The molecule has 1 aliphatic rings. The van der Waals surface area contributed by atoms with E-state index in [-0.39, 0.29) is 17.8 Å². The van der Waals surface area contributed by atoms with E-state index in [9.17, 15) is 9.18 Å². The molecule has 1 fully saturated rings. The fraction of sp³-hybridized carbons (Fsp3) is 0.263. The second-order valence-electron chi connectivity index (χ2n) is 6.50. The fourth-order valence-corrected chi connectivity index (χ4v) is 4.34. The molecule has 4 rings (SSSR count). The molecule has 1 aromatic heterocycles. The largest absolute Gasteiger partial charge is 0.357 e. The van der Waals surface area contributed by atoms with Gasteiger partial charge in [0.05, 0.1) is 20.8 Å². The number of nitrogens with zero attached hydrogens (tertiary/aromatic N) is 2. The lowest BCUT2D eigenvalue weighted by Crippen LogP contribution is -2.31. The molecule has 7 heteroatoms. The Hall–Kier alpha value is -2.18. The van der Waals surface area contributed by atoms with Crippen molar-refractivity contribution in [1.82, 2.24) is 9.88 Å². The summed E-state index contributed by atoms with van der Waals surface area (Å²) in [5, 5.41) is 4.60. The molecule has 1 unspecified atom stereocenters. The Balaban J connectivity index is 1.46. The highest BCUT2D eigenvalue weighted by Crippen LogP contribution is 2.28. The second kappa shape index (κ2) is 6.85. The average molecular weight is 390 g/mol. The summed E-state index contributed by atoms with van der Waals surface area (Å²) in [5.41, 5.74) is 2.33. The van der Waals surface area contributed by atoms with E-state index < -0.39 is 0 Å². The molecule has 0 saturated carbocycles. The van der Waals surface area contributed by atoms with E-state index in [1.54, 1.807) is 12.1 Å². The standard InChI is InChI=1S/C19H17ClFN3OS/c1-11-2-4-15(20)14(8-11)18(25)24-7-6-13(10-24)22-19-23-16-5-3-12(21)9-17(16)26-19/h2-5,8-9,13H,6-7,10H2,1H3,(H,22,23). The Morgan fingerprint density at radius 3 is 3.04 bits per heavy atom. The maximum atomic E-state index is 13.3. The summed E-state index contributed by atoms with van der Waals surface area (Å²) in [7, 11) is 0. The summed E-state index contributed by atoms with van der Waals surface area (Å²) < 4.78 is 14.1. The Labute approximate surface area is 159 Å². The van der Waals surface area contributed by atoms with E-state index in [1.807, 2.05) is 24.0 Å². The third-order valence-electron chi connectivity index (χ3n) is 4.51. The fourth-order valence-electron chi connectivity index (χ4n) is 3.17. The molecule has 0 radical (unpaired) electrons. The van der Waals surface area contributed by atoms with E-state index in [0.717, 1.165) is 27.3 Å². The van der Waals surface area contributed by atoms with Crippen molar-refractivity contribution in [3.05, 3.63) is 58.4 Å². The molecule has 1 saturated heterocycles. The van der Waals surface area contributed by atoms with Crippen LogP contribution in [0, 0.1) is 12.7 Å². The van der Waals surface area contributed by atoms with Gasteiger partial charge in [-0.1, -0.05) is 34.6 Å². The highest BCUT2D eigenvalue weighted by atomic mass is 35.5. The third kappa shape index (κ3) is 3.39. The Bertz CT molecular complexity index is 990. The first kappa shape index (κ1) is 17.2. The zero-order valence-corrected chi connectivity index (χ0v) is 15.7. The number of carbonyl (C=O) groups excluding carboxylic acids is 1. The molecule has 2 heterocycles. The van der Waals surface area contributed by atoms with Gasteiger partial charge < -0.3 is 10.2 Å². The zero-order chi connectivity index (χ0) is 18.3. The summed E-state index contributed by atoms with van der Waals surface area (Å²) in [6.07, 6.45) is 0.833. The van der Waals surface area contributed by atoms with Crippen LogP contribution in [0.1, 0.15) is 22.3 Å². The second-order valence-corrected chi connectivity index (χ2v) is 7.93. The Morgan fingerprint density at radius 2 is 2.19 bits per heavy atom. The summed E-state index contributed by atoms with van der Waals surface area (Å²) in [6, 6.07) is 10.2. The summed E-state index contributed by atoms with van der Waals surface area (Å²) in [5.74, 6) is -0.310. The average Bonchev–Trinajstić information content (AvgIpc) is 3.22. The summed E-state index contributed by atoms with van der Waals surface area (Å²) in [6.45, 7) is 3.20. The molecule has 134 valence electrons. The number of hydrogen-bond donors (Lipinski definition) is 1. The van der Waals surface area contributed by atoms with Crippen LogP contribution in [-0.4, -0.2) is 34.9 Å². The molecular formula is C19H17ClFN3OS. The van der Waals surface area contributed by atoms with Gasteiger partial charge in [0.2, 0.25) is 0 Å². The van der Waals surface area contributed by atoms with Crippen LogP contribution in [0.3, 0.4) is 0 Å². The predicted octanol–water partition coefficient (Wildman–Crippen LogP) is 4.72. The number of amides is 1. The van der Waals surface area contributed by atoms with Crippen LogP contribution < -0.4 is 5.32 Å². The van der Waals surface area contributed by atoms with Gasteiger partial charge in [0.15, 0.2) is 5.13 Å². The lowest BCUT2D eigenvalue weighted by atomic mass is 10.1. The van der Waals surface area contributed by atoms with Crippen molar-refractivity contribution in [2.24, 2.45) is 0 Å². The molecule has 0 bridgehead atoms. The number of halogens is 2. The Morgan fingerprint density at radius 1 is 1.35 bits per heavy atom. The van der Waals surface area contributed by atoms with Gasteiger partial charge in [0.25, 0.3) is 5.91 Å². The van der Waals surface area contributed by atoms with Crippen LogP contribution in [0.15, 0.2) is 36.4 Å². The quantitative estimate of drug-likeness (QED) is 0.704. The van der Waals surface area contributed by atoms with Gasteiger partial charge in [0.1, 0.15) is 5.82 Å². The number of aryl methyl sites for hydroxylation is 1. The third-order valence-corrected chi connectivity index (χ3v) is 5.78. The minimum absolute atomic E-state index is 0.0469. The molecule has 1 aliphatic heterocycles. The molecule has 4 nitrogen and oxygen atoms in total. The minimum Gasteiger partial charge on any atom is -0.357 e. The van der Waals surface area contributed by atoms with Gasteiger partial charge in [-0.15, -0.1) is 0 Å². The van der Waals surface area contributed by atoms with Gasteiger partial charge in [-0.2, -0.15) is 0 Å². The minimum atomic E-state index is -0.264. The summed E-state index contributed by atoms with van der Waals surface area (Å²) >= 11 is 7.61. The van der Waals surface area contributed by atoms with Gasteiger partial charge in [-0.3, -0.25) is 4.79 Å². The van der Waals surface area contributed by atoms with Crippen molar-refractivity contribution in [3.63, 3.8) is 0 Å². The van der Waals surface area contributed by atoms with Gasteiger partial charge in [-0.05, 0) is 43.7 Å². The van der Waals surface area contributed by atoms with Crippen LogP contribution in [-0.2, 0) is 0 Å². The number of nitrogens with one attached hydrogen (secondary N) is 1. The number of fused-ring (bicyclic) bond motifs is 1. The van der Waals surface area contributed by atoms with Crippen LogP contribution in [0.25, 0.3) is 10.2 Å². The monoisotopic (exact) mass is 389 g/mol. The smallest absolute Gasteiger partial charge is 0.255 e. The number of thiazole rings is 1. The lowest BCUT2D eigenvalue weighted by Gasteiger charge is -2.18. The normalized spacial score (nSPS) is 17.0. The van der Waals surface area contributed by atoms with E-state index in [4.69, 9.17) is 11.6 Å². The van der Waals surface area contributed by atoms with Crippen molar-refractivity contribution in [1.29, 1.82) is 0 Å². The maximum absolute atomic E-state index is 13.3. The summed E-state index contributed by atoms with van der Waals surface area (Å²) in [4.78, 5) is 19.1. The van der Waals surface area contributed by atoms with E-state index in [0.29, 0.717) is 23.7 Å². The topological polar surface area (TPSA) is 45.2 Å². The van der Waals surface area contributed by atoms with Crippen molar-refractivity contribution >= 4 is 44.2 Å². The van der Waals surface area contributed by atoms with Crippen LogP contribution in [0.2, 0.25) is 5.02 Å². The SMILES string of the molecule is Cc1ccc(Cl)c(C(=O)N2CCC(Nc3nc4ccc(F)cc4s3)C2)c1. The van der Waals surface area contributed by atoms with E-state index >= 15 is 0 Å². The number of likely N-dealkylation sites (tertiary alicyclic amines) is 1. The Kier molecular flexibility index (Phi) is 4.54. The molecular weight excluding hydrogens is 373 g/mol. The van der Waals surface area contributed by atoms with E-state index in [1.165, 1.54) is 23.5 Å². The first-order chi connectivity index (χ1) is 12.5. The first-order valence-electron chi connectivity index (χ1n) is 8.37. The molecule has 3 aromatic rings. The molecule has 0 spiro atoms. The van der Waals surface area contributed by atoms with Crippen LogP contribution in [0.4, 0.5) is 9.52 Å². The first-order valence-corrected chi connectivity index (χ1v) is 9.57. The molecule has 26 heavy (non-hydrogen) atoms. The van der Waals surface area contributed by atoms with Crippen molar-refractivity contribution in [2.75, 3.05) is 18.4 Å². The van der Waals surface area contributed by atoms with Crippen LogP contribution in [0.5, 0.6) is 0 Å². The van der Waals surface area contributed by atoms with Crippen molar-refractivity contribution in [2.45, 2.75) is 19.4 Å². The number of carbonyl (C=O) groups is 1. The molecule has 1 amide bonds. The van der Waals surface area contributed by atoms with Crippen molar-refractivity contribution < 1.29 is 9.18 Å². The molecule has 0 aliphatic carbocycles. The highest BCUT2D eigenvalue weighted by Gasteiger charge is 2.28. The number of anilines is 1. The van der Waals surface area contributed by atoms with Crippen LogP contribution >= 0.6 is 22.9 Å². The molecule has 2 aromatic carbocycles. The predicted molar refractivity (Wildman–Crippen MR) is 104 cm³/mol. The van der Waals surface area contributed by atoms with Crippen molar-refractivity contribution in [3.8, 4) is 0 Å². The maximum Gasteiger partial charge on any atom is 0.255 e. The zero-order valence-electron chi connectivity index (χ0n) is 14.1.